The highest BCUT2D eigenvalue weighted by atomic mass is 16.2. The molecule has 8 heteroatoms. The molecule has 0 radical (unpaired) electrons. The normalized spacial score (nSPS) is 14.1. The van der Waals surface area contributed by atoms with Gasteiger partial charge in [0.2, 0.25) is 0 Å². The van der Waals surface area contributed by atoms with Gasteiger partial charge in [0, 0.05) is 38.3 Å². The van der Waals surface area contributed by atoms with Crippen LogP contribution in [0, 0.1) is 11.3 Å². The molecule has 174 valence electrons. The number of hydrogen-bond donors (Lipinski definition) is 1. The van der Waals surface area contributed by atoms with E-state index in [1.165, 1.54) is 0 Å². The number of para-hydroxylation sites is 1. The molecule has 5 rings (SSSR count). The molecule has 0 spiro atoms. The Labute approximate surface area is 201 Å². The zero-order chi connectivity index (χ0) is 24.4. The Kier molecular flexibility index (Phi) is 6.00. The van der Waals surface area contributed by atoms with Crippen molar-refractivity contribution in [1.29, 1.82) is 5.26 Å². The highest BCUT2D eigenvalue weighted by molar-refractivity contribution is 5.97. The fourth-order valence-corrected chi connectivity index (χ4v) is 4.40. The number of rotatable bonds is 4. The van der Waals surface area contributed by atoms with Crippen molar-refractivity contribution in [3.05, 3.63) is 110 Å². The van der Waals surface area contributed by atoms with Gasteiger partial charge in [-0.15, -0.1) is 0 Å². The van der Waals surface area contributed by atoms with Crippen LogP contribution >= 0.6 is 0 Å². The number of aromatic amines is 1. The second-order valence-electron chi connectivity index (χ2n) is 8.54. The molecule has 1 fully saturated rings. The number of aromatic nitrogens is 2. The number of amides is 1. The van der Waals surface area contributed by atoms with Crippen molar-refractivity contribution in [3.63, 3.8) is 0 Å². The summed E-state index contributed by atoms with van der Waals surface area (Å²) in [6.07, 6.45) is 0. The van der Waals surface area contributed by atoms with Crippen LogP contribution in [-0.2, 0) is 6.54 Å². The molecule has 1 aromatic heterocycles. The minimum Gasteiger partial charge on any atom is -0.336 e. The number of nitriles is 1. The Morgan fingerprint density at radius 1 is 0.914 bits per heavy atom. The number of piperazine rings is 1. The molecule has 2 heterocycles. The van der Waals surface area contributed by atoms with E-state index in [4.69, 9.17) is 5.26 Å². The molecule has 1 aliphatic rings. The Balaban J connectivity index is 1.31. The molecule has 1 N–H and O–H groups in total. The topological polar surface area (TPSA) is 102 Å². The minimum absolute atomic E-state index is 0.127. The van der Waals surface area contributed by atoms with E-state index in [1.807, 2.05) is 30.3 Å². The molecule has 1 saturated heterocycles. The molecule has 1 aliphatic heterocycles. The van der Waals surface area contributed by atoms with Crippen LogP contribution in [0.15, 0.2) is 82.4 Å². The average molecular weight is 466 g/mol. The van der Waals surface area contributed by atoms with Gasteiger partial charge in [0.1, 0.15) is 0 Å². The first kappa shape index (κ1) is 22.3. The van der Waals surface area contributed by atoms with Gasteiger partial charge in [0.25, 0.3) is 11.5 Å². The maximum Gasteiger partial charge on any atom is 0.333 e. The highest BCUT2D eigenvalue weighted by Gasteiger charge is 2.23. The number of carbonyl (C=O) groups is 1. The predicted octanol–water partition coefficient (Wildman–Crippen LogP) is 2.51. The Morgan fingerprint density at radius 2 is 1.63 bits per heavy atom. The zero-order valence-corrected chi connectivity index (χ0v) is 19.0. The van der Waals surface area contributed by atoms with Crippen LogP contribution in [0.4, 0.5) is 0 Å². The fourth-order valence-electron chi connectivity index (χ4n) is 4.40. The van der Waals surface area contributed by atoms with E-state index < -0.39 is 11.2 Å². The first-order valence-corrected chi connectivity index (χ1v) is 11.4. The van der Waals surface area contributed by atoms with Crippen LogP contribution in [0.1, 0.15) is 21.5 Å². The van der Waals surface area contributed by atoms with Crippen molar-refractivity contribution in [2.75, 3.05) is 26.2 Å². The zero-order valence-electron chi connectivity index (χ0n) is 19.0. The van der Waals surface area contributed by atoms with E-state index in [0.717, 1.165) is 29.8 Å². The van der Waals surface area contributed by atoms with Gasteiger partial charge in [-0.2, -0.15) is 5.26 Å². The van der Waals surface area contributed by atoms with Gasteiger partial charge in [0.15, 0.2) is 0 Å². The molecule has 0 saturated carbocycles. The Morgan fingerprint density at radius 3 is 2.31 bits per heavy atom. The number of hydrogen-bond acceptors (Lipinski definition) is 5. The number of benzene rings is 3. The summed E-state index contributed by atoms with van der Waals surface area (Å²) in [6.45, 7) is 3.40. The molecule has 0 unspecified atom stereocenters. The summed E-state index contributed by atoms with van der Waals surface area (Å²) in [5.41, 5.74) is 2.06. The van der Waals surface area contributed by atoms with E-state index >= 15 is 0 Å². The number of H-pyrrole nitrogens is 1. The van der Waals surface area contributed by atoms with Crippen LogP contribution < -0.4 is 11.2 Å². The van der Waals surface area contributed by atoms with Crippen molar-refractivity contribution in [2.45, 2.75) is 6.54 Å². The molecule has 35 heavy (non-hydrogen) atoms. The van der Waals surface area contributed by atoms with Gasteiger partial charge in [0.05, 0.1) is 28.2 Å². The van der Waals surface area contributed by atoms with E-state index in [0.29, 0.717) is 40.8 Å². The van der Waals surface area contributed by atoms with Crippen molar-refractivity contribution in [2.24, 2.45) is 0 Å². The van der Waals surface area contributed by atoms with E-state index in [-0.39, 0.29) is 5.91 Å². The third kappa shape index (κ3) is 4.50. The van der Waals surface area contributed by atoms with Crippen LogP contribution in [-0.4, -0.2) is 51.4 Å². The summed E-state index contributed by atoms with van der Waals surface area (Å²) in [5, 5.41) is 9.28. The number of carbonyl (C=O) groups excluding carboxylic acids is 1. The van der Waals surface area contributed by atoms with Crippen molar-refractivity contribution in [1.82, 2.24) is 19.4 Å². The highest BCUT2D eigenvalue weighted by Crippen LogP contribution is 2.15. The molecule has 0 atom stereocenters. The second kappa shape index (κ2) is 9.41. The van der Waals surface area contributed by atoms with Gasteiger partial charge >= 0.3 is 5.69 Å². The number of nitrogens with one attached hydrogen (secondary N) is 1. The van der Waals surface area contributed by atoms with Crippen LogP contribution in [0.5, 0.6) is 0 Å². The molecule has 8 nitrogen and oxygen atoms in total. The molecule has 1 amide bonds. The standard InChI is InChI=1S/C27H23N5O3/c28-17-19-6-8-20(9-7-19)18-30-12-14-31(15-13-30)25(33)21-10-11-23-24(16-21)29-27(35)32(26(23)34)22-4-2-1-3-5-22/h1-11,16H,12-15,18H2,(H,29,35). The summed E-state index contributed by atoms with van der Waals surface area (Å²) < 4.78 is 1.09. The van der Waals surface area contributed by atoms with Crippen LogP contribution in [0.25, 0.3) is 16.6 Å². The van der Waals surface area contributed by atoms with Crippen LogP contribution in [0.3, 0.4) is 0 Å². The quantitative estimate of drug-likeness (QED) is 0.499. The SMILES string of the molecule is N#Cc1ccc(CN2CCN(C(=O)c3ccc4c(=O)n(-c5ccccc5)c(=O)[nH]c4c3)CC2)cc1. The molecule has 0 bridgehead atoms. The molecule has 3 aromatic carbocycles. The summed E-state index contributed by atoms with van der Waals surface area (Å²) >= 11 is 0. The maximum absolute atomic E-state index is 13.1. The van der Waals surface area contributed by atoms with E-state index in [2.05, 4.69) is 16.0 Å². The van der Waals surface area contributed by atoms with Gasteiger partial charge in [-0.05, 0) is 48.0 Å². The minimum atomic E-state index is -0.547. The summed E-state index contributed by atoms with van der Waals surface area (Å²) in [4.78, 5) is 45.6. The maximum atomic E-state index is 13.1. The monoisotopic (exact) mass is 465 g/mol. The molecule has 4 aromatic rings. The van der Waals surface area contributed by atoms with E-state index in [9.17, 15) is 14.4 Å². The van der Waals surface area contributed by atoms with Crippen molar-refractivity contribution >= 4 is 16.8 Å². The number of nitrogens with zero attached hydrogens (tertiary/aromatic N) is 4. The lowest BCUT2D eigenvalue weighted by molar-refractivity contribution is 0.0628. The van der Waals surface area contributed by atoms with Crippen molar-refractivity contribution < 1.29 is 4.79 Å². The Hall–Kier alpha value is -4.48. The lowest BCUT2D eigenvalue weighted by Crippen LogP contribution is -2.48. The second-order valence-corrected chi connectivity index (χ2v) is 8.54. The lowest BCUT2D eigenvalue weighted by Gasteiger charge is -2.34. The summed E-state index contributed by atoms with van der Waals surface area (Å²) in [6, 6.07) is 23.2. The number of fused-ring (bicyclic) bond motifs is 1. The molecule has 0 aliphatic carbocycles. The van der Waals surface area contributed by atoms with Gasteiger partial charge in [-0.1, -0.05) is 30.3 Å². The van der Waals surface area contributed by atoms with Crippen molar-refractivity contribution in [3.8, 4) is 11.8 Å². The summed E-state index contributed by atoms with van der Waals surface area (Å²) in [5.74, 6) is -0.127. The van der Waals surface area contributed by atoms with Crippen LogP contribution in [0.2, 0.25) is 0 Å². The van der Waals surface area contributed by atoms with Gasteiger partial charge < -0.3 is 9.88 Å². The first-order chi connectivity index (χ1) is 17.0. The predicted molar refractivity (Wildman–Crippen MR) is 133 cm³/mol. The molecular weight excluding hydrogens is 442 g/mol. The van der Waals surface area contributed by atoms with E-state index in [1.54, 1.807) is 47.4 Å². The lowest BCUT2D eigenvalue weighted by atomic mass is 10.1. The third-order valence-corrected chi connectivity index (χ3v) is 6.31. The fraction of sp³-hybridized carbons (Fsp3) is 0.185. The smallest absolute Gasteiger partial charge is 0.333 e. The summed E-state index contributed by atoms with van der Waals surface area (Å²) in [7, 11) is 0. The van der Waals surface area contributed by atoms with Gasteiger partial charge in [-0.3, -0.25) is 14.5 Å². The largest absolute Gasteiger partial charge is 0.336 e. The average Bonchev–Trinajstić information content (AvgIpc) is 2.89. The Bertz CT molecular complexity index is 1540. The first-order valence-electron chi connectivity index (χ1n) is 11.4. The third-order valence-electron chi connectivity index (χ3n) is 6.31. The molecular formula is C27H23N5O3. The van der Waals surface area contributed by atoms with Gasteiger partial charge in [-0.25, -0.2) is 9.36 Å².